The first-order valence-corrected chi connectivity index (χ1v) is 8.28. The fraction of sp³-hybridized carbons (Fsp3) is 0.200. The fourth-order valence-corrected chi connectivity index (χ4v) is 2.53. The van der Waals surface area contributed by atoms with Gasteiger partial charge in [-0.2, -0.15) is 12.7 Å². The van der Waals surface area contributed by atoms with Crippen LogP contribution in [-0.4, -0.2) is 48.2 Å². The number of benzene rings is 1. The summed E-state index contributed by atoms with van der Waals surface area (Å²) in [7, 11) is -0.656. The summed E-state index contributed by atoms with van der Waals surface area (Å²) in [6.07, 6.45) is 5.99. The summed E-state index contributed by atoms with van der Waals surface area (Å²) in [6.45, 7) is 0.320. The Hall–Kier alpha value is -2.45. The van der Waals surface area contributed by atoms with E-state index >= 15 is 0 Å². The molecule has 7 nitrogen and oxygen atoms in total. The van der Waals surface area contributed by atoms with Crippen molar-refractivity contribution in [2.75, 3.05) is 20.6 Å². The van der Waals surface area contributed by atoms with Crippen LogP contribution in [0.1, 0.15) is 16.1 Å². The van der Waals surface area contributed by atoms with Gasteiger partial charge in [-0.25, -0.2) is 8.96 Å². The zero-order chi connectivity index (χ0) is 16.9. The van der Waals surface area contributed by atoms with Gasteiger partial charge in [-0.05, 0) is 18.2 Å². The molecule has 1 aromatic carbocycles. The van der Waals surface area contributed by atoms with Crippen molar-refractivity contribution in [3.63, 3.8) is 0 Å². The van der Waals surface area contributed by atoms with E-state index in [1.165, 1.54) is 26.6 Å². The molecule has 0 aliphatic carbocycles. The van der Waals surface area contributed by atoms with Crippen molar-refractivity contribution in [3.8, 4) is 0 Å². The van der Waals surface area contributed by atoms with Crippen molar-refractivity contribution in [2.24, 2.45) is 0 Å². The molecule has 0 saturated carbocycles. The molecule has 122 valence electrons. The standard InChI is InChI=1S/C15H18N4O3S/c1-18(2)23(21,22)19-11-14(17-12-19)9-6-10-16-15(20)13-7-4-3-5-8-13/h3-9,11-12H,10H2,1-2H3,(H,16,20)/b9-6+. The Balaban J connectivity index is 1.92. The third-order valence-corrected chi connectivity index (χ3v) is 4.67. The van der Waals surface area contributed by atoms with E-state index in [2.05, 4.69) is 10.3 Å². The number of nitrogens with zero attached hydrogens (tertiary/aromatic N) is 3. The minimum Gasteiger partial charge on any atom is -0.349 e. The highest BCUT2D eigenvalue weighted by Gasteiger charge is 2.15. The van der Waals surface area contributed by atoms with Crippen LogP contribution >= 0.6 is 0 Å². The minimum absolute atomic E-state index is 0.170. The number of imidazole rings is 1. The third kappa shape index (κ3) is 4.27. The Morgan fingerprint density at radius 1 is 1.30 bits per heavy atom. The maximum Gasteiger partial charge on any atom is 0.308 e. The topological polar surface area (TPSA) is 84.3 Å². The van der Waals surface area contributed by atoms with Gasteiger partial charge in [0.1, 0.15) is 6.33 Å². The molecular formula is C15H18N4O3S. The molecule has 8 heteroatoms. The van der Waals surface area contributed by atoms with Gasteiger partial charge in [-0.1, -0.05) is 24.3 Å². The van der Waals surface area contributed by atoms with E-state index in [0.717, 1.165) is 8.28 Å². The molecule has 0 atom stereocenters. The first-order valence-electron chi connectivity index (χ1n) is 6.88. The van der Waals surface area contributed by atoms with Crippen molar-refractivity contribution >= 4 is 22.2 Å². The summed E-state index contributed by atoms with van der Waals surface area (Å²) in [6, 6.07) is 8.89. The lowest BCUT2D eigenvalue weighted by Gasteiger charge is -2.10. The van der Waals surface area contributed by atoms with Crippen LogP contribution in [0.25, 0.3) is 6.08 Å². The van der Waals surface area contributed by atoms with Crippen molar-refractivity contribution in [1.29, 1.82) is 0 Å². The molecule has 1 N–H and O–H groups in total. The molecule has 0 unspecified atom stereocenters. The summed E-state index contributed by atoms with van der Waals surface area (Å²) in [5.41, 5.74) is 1.08. The van der Waals surface area contributed by atoms with Crippen molar-refractivity contribution in [2.45, 2.75) is 0 Å². The molecule has 23 heavy (non-hydrogen) atoms. The van der Waals surface area contributed by atoms with Crippen LogP contribution < -0.4 is 5.32 Å². The van der Waals surface area contributed by atoms with Crippen molar-refractivity contribution in [3.05, 3.63) is 60.2 Å². The molecule has 0 saturated heterocycles. The predicted molar refractivity (Wildman–Crippen MR) is 88.0 cm³/mol. The fourth-order valence-electron chi connectivity index (χ4n) is 1.74. The Kier molecular flexibility index (Phi) is 5.30. The molecule has 0 bridgehead atoms. The van der Waals surface area contributed by atoms with Crippen LogP contribution in [0.4, 0.5) is 0 Å². The number of carbonyl (C=O) groups excluding carboxylic acids is 1. The Morgan fingerprint density at radius 2 is 2.00 bits per heavy atom. The average Bonchev–Trinajstić information content (AvgIpc) is 3.01. The van der Waals surface area contributed by atoms with Crippen LogP contribution in [0.3, 0.4) is 0 Å². The summed E-state index contributed by atoms with van der Waals surface area (Å²) in [4.78, 5) is 15.8. The van der Waals surface area contributed by atoms with Gasteiger partial charge in [0.15, 0.2) is 0 Å². The third-order valence-electron chi connectivity index (χ3n) is 3.01. The Labute approximate surface area is 135 Å². The summed E-state index contributed by atoms with van der Waals surface area (Å²) in [5.74, 6) is -0.170. The number of carbonyl (C=O) groups is 1. The summed E-state index contributed by atoms with van der Waals surface area (Å²) >= 11 is 0. The monoisotopic (exact) mass is 334 g/mol. The van der Waals surface area contributed by atoms with Gasteiger partial charge < -0.3 is 5.32 Å². The smallest absolute Gasteiger partial charge is 0.308 e. The largest absolute Gasteiger partial charge is 0.349 e. The van der Waals surface area contributed by atoms with Crippen molar-refractivity contribution < 1.29 is 13.2 Å². The van der Waals surface area contributed by atoms with Crippen molar-refractivity contribution in [1.82, 2.24) is 18.6 Å². The molecule has 2 aromatic rings. The molecule has 2 rings (SSSR count). The molecule has 0 spiro atoms. The maximum atomic E-state index is 11.9. The Morgan fingerprint density at radius 3 is 2.65 bits per heavy atom. The van der Waals surface area contributed by atoms with Gasteiger partial charge in [0, 0.05) is 32.4 Å². The molecular weight excluding hydrogens is 316 g/mol. The zero-order valence-electron chi connectivity index (χ0n) is 12.9. The van der Waals surface area contributed by atoms with Gasteiger partial charge in [-0.3, -0.25) is 4.79 Å². The van der Waals surface area contributed by atoms with Crippen LogP contribution in [0, 0.1) is 0 Å². The number of amides is 1. The highest BCUT2D eigenvalue weighted by molar-refractivity contribution is 7.87. The second kappa shape index (κ2) is 7.21. The molecule has 1 heterocycles. The highest BCUT2D eigenvalue weighted by Crippen LogP contribution is 2.05. The SMILES string of the molecule is CN(C)S(=O)(=O)n1cnc(/C=C/CNC(=O)c2ccccc2)c1. The van der Waals surface area contributed by atoms with Gasteiger partial charge in [0.25, 0.3) is 5.91 Å². The second-order valence-corrected chi connectivity index (χ2v) is 6.94. The van der Waals surface area contributed by atoms with Gasteiger partial charge >= 0.3 is 10.2 Å². The first kappa shape index (κ1) is 16.9. The normalized spacial score (nSPS) is 12.0. The number of aromatic nitrogens is 2. The molecule has 0 radical (unpaired) electrons. The van der Waals surface area contributed by atoms with Gasteiger partial charge in [-0.15, -0.1) is 0 Å². The van der Waals surface area contributed by atoms with E-state index in [1.807, 2.05) is 6.07 Å². The van der Waals surface area contributed by atoms with E-state index in [9.17, 15) is 13.2 Å². The number of hydrogen-bond donors (Lipinski definition) is 1. The molecule has 1 aromatic heterocycles. The van der Waals surface area contributed by atoms with Crippen LogP contribution in [0.5, 0.6) is 0 Å². The number of nitrogens with one attached hydrogen (secondary N) is 1. The predicted octanol–water partition coefficient (Wildman–Crippen LogP) is 0.981. The molecule has 0 aliphatic rings. The quantitative estimate of drug-likeness (QED) is 0.853. The van der Waals surface area contributed by atoms with Crippen LogP contribution in [-0.2, 0) is 10.2 Å². The van der Waals surface area contributed by atoms with E-state index in [0.29, 0.717) is 17.8 Å². The molecule has 0 aliphatic heterocycles. The van der Waals surface area contributed by atoms with E-state index in [1.54, 1.807) is 36.4 Å². The molecule has 0 fully saturated rings. The van der Waals surface area contributed by atoms with E-state index in [4.69, 9.17) is 0 Å². The second-order valence-electron chi connectivity index (χ2n) is 4.90. The highest BCUT2D eigenvalue weighted by atomic mass is 32.2. The average molecular weight is 334 g/mol. The molecule has 1 amide bonds. The zero-order valence-corrected chi connectivity index (χ0v) is 13.7. The summed E-state index contributed by atoms with van der Waals surface area (Å²) in [5, 5.41) is 2.74. The lowest BCUT2D eigenvalue weighted by atomic mass is 10.2. The lowest BCUT2D eigenvalue weighted by molar-refractivity contribution is 0.0958. The van der Waals surface area contributed by atoms with E-state index < -0.39 is 10.2 Å². The number of hydrogen-bond acceptors (Lipinski definition) is 4. The maximum absolute atomic E-state index is 11.9. The van der Waals surface area contributed by atoms with Gasteiger partial charge in [0.2, 0.25) is 0 Å². The minimum atomic E-state index is -3.55. The lowest BCUT2D eigenvalue weighted by Crippen LogP contribution is -2.27. The first-order chi connectivity index (χ1) is 10.9. The van der Waals surface area contributed by atoms with Crippen LogP contribution in [0.2, 0.25) is 0 Å². The Bertz CT molecular complexity index is 795. The number of rotatable bonds is 6. The van der Waals surface area contributed by atoms with Crippen LogP contribution in [0.15, 0.2) is 48.9 Å². The summed E-state index contributed by atoms with van der Waals surface area (Å²) < 4.78 is 25.9. The van der Waals surface area contributed by atoms with Gasteiger partial charge in [0.05, 0.1) is 5.69 Å². The van der Waals surface area contributed by atoms with E-state index in [-0.39, 0.29) is 5.91 Å².